The molecule has 6 heteroatoms. The van der Waals surface area contributed by atoms with Crippen molar-refractivity contribution in [3.8, 4) is 5.82 Å². The van der Waals surface area contributed by atoms with Gasteiger partial charge in [-0.1, -0.05) is 11.6 Å². The second-order valence-electron chi connectivity index (χ2n) is 5.81. The molecular formula is C16H18ClN3OS. The van der Waals surface area contributed by atoms with Crippen LogP contribution in [0, 0.1) is 18.6 Å². The summed E-state index contributed by atoms with van der Waals surface area (Å²) in [5, 5.41) is 0.600. The fraction of sp³-hybridized carbons (Fsp3) is 0.438. The molecule has 2 heterocycles. The molecule has 0 aromatic carbocycles. The highest BCUT2D eigenvalue weighted by Crippen LogP contribution is 2.22. The van der Waals surface area contributed by atoms with Crippen LogP contribution in [0.5, 0.6) is 0 Å². The van der Waals surface area contributed by atoms with Gasteiger partial charge in [-0.2, -0.15) is 0 Å². The van der Waals surface area contributed by atoms with Crippen LogP contribution in [-0.4, -0.2) is 14.1 Å². The van der Waals surface area contributed by atoms with Crippen molar-refractivity contribution in [1.82, 2.24) is 14.1 Å². The van der Waals surface area contributed by atoms with Crippen molar-refractivity contribution in [1.29, 1.82) is 0 Å². The molecule has 0 spiro atoms. The van der Waals surface area contributed by atoms with Gasteiger partial charge in [-0.15, -0.1) is 0 Å². The van der Waals surface area contributed by atoms with E-state index in [1.165, 1.54) is 0 Å². The number of rotatable bonds is 1. The number of fused-ring (bicyclic) bond motifs is 1. The van der Waals surface area contributed by atoms with E-state index >= 15 is 0 Å². The van der Waals surface area contributed by atoms with E-state index in [1.807, 2.05) is 31.5 Å². The molecule has 1 aliphatic carbocycles. The van der Waals surface area contributed by atoms with E-state index in [2.05, 4.69) is 4.98 Å². The quantitative estimate of drug-likeness (QED) is 0.749. The lowest BCUT2D eigenvalue weighted by atomic mass is 9.97. The molecule has 116 valence electrons. The van der Waals surface area contributed by atoms with E-state index in [0.29, 0.717) is 21.3 Å². The Labute approximate surface area is 139 Å². The predicted molar refractivity (Wildman–Crippen MR) is 90.8 cm³/mol. The molecule has 0 aliphatic heterocycles. The van der Waals surface area contributed by atoms with Crippen molar-refractivity contribution in [2.75, 3.05) is 0 Å². The molecule has 0 saturated heterocycles. The molecule has 2 aromatic heterocycles. The van der Waals surface area contributed by atoms with Crippen LogP contribution in [-0.2, 0) is 19.9 Å². The van der Waals surface area contributed by atoms with Crippen LogP contribution in [0.4, 0.5) is 0 Å². The topological polar surface area (TPSA) is 39.8 Å². The molecule has 2 aromatic rings. The van der Waals surface area contributed by atoms with E-state index in [-0.39, 0.29) is 5.56 Å². The summed E-state index contributed by atoms with van der Waals surface area (Å²) in [6.07, 6.45) is 3.88. The molecule has 0 atom stereocenters. The van der Waals surface area contributed by atoms with Gasteiger partial charge in [-0.25, -0.2) is 9.55 Å². The third kappa shape index (κ3) is 2.32. The van der Waals surface area contributed by atoms with Crippen LogP contribution in [0.2, 0.25) is 5.02 Å². The third-order valence-corrected chi connectivity index (χ3v) is 5.15. The minimum absolute atomic E-state index is 0.0323. The first kappa shape index (κ1) is 15.4. The predicted octanol–water partition coefficient (Wildman–Crippen LogP) is 3.45. The Balaban J connectivity index is 2.38. The van der Waals surface area contributed by atoms with Crippen molar-refractivity contribution in [3.63, 3.8) is 0 Å². The second-order valence-corrected chi connectivity index (χ2v) is 6.58. The number of halogens is 1. The molecule has 0 N–H and O–H groups in total. The van der Waals surface area contributed by atoms with Gasteiger partial charge in [0.15, 0.2) is 4.77 Å². The van der Waals surface area contributed by atoms with Gasteiger partial charge in [0.25, 0.3) is 5.56 Å². The van der Waals surface area contributed by atoms with Crippen molar-refractivity contribution in [2.24, 2.45) is 7.05 Å². The molecule has 0 amide bonds. The molecule has 1 aliphatic rings. The molecule has 4 nitrogen and oxygen atoms in total. The summed E-state index contributed by atoms with van der Waals surface area (Å²) in [6, 6.07) is 1.83. The lowest BCUT2D eigenvalue weighted by Crippen LogP contribution is -2.32. The van der Waals surface area contributed by atoms with Crippen molar-refractivity contribution in [3.05, 3.63) is 48.7 Å². The van der Waals surface area contributed by atoms with Crippen LogP contribution < -0.4 is 5.56 Å². The summed E-state index contributed by atoms with van der Waals surface area (Å²) < 4.78 is 4.00. The van der Waals surface area contributed by atoms with Gasteiger partial charge in [0.05, 0.1) is 10.7 Å². The minimum Gasteiger partial charge on any atom is -0.325 e. The van der Waals surface area contributed by atoms with Crippen LogP contribution in [0.15, 0.2) is 10.9 Å². The average Bonchev–Trinajstić information content (AvgIpc) is 2.50. The summed E-state index contributed by atoms with van der Waals surface area (Å²) in [5.74, 6) is 0.584. The molecule has 0 radical (unpaired) electrons. The molecule has 0 unspecified atom stereocenters. The van der Waals surface area contributed by atoms with Crippen LogP contribution in [0.1, 0.15) is 35.4 Å². The van der Waals surface area contributed by atoms with Gasteiger partial charge in [0.1, 0.15) is 5.82 Å². The standard InChI is InChI=1S/C16H18ClN3OS/c1-9-8-12(17)10(2)18-14(9)20-15(21)11-6-4-5-7-13(11)19(3)16(20)22/h8H,4-7H2,1-3H3. The Hall–Kier alpha value is -1.46. The Morgan fingerprint density at radius 3 is 2.68 bits per heavy atom. The number of nitrogens with zero attached hydrogens (tertiary/aromatic N) is 3. The van der Waals surface area contributed by atoms with Gasteiger partial charge in [-0.05, 0) is 63.4 Å². The van der Waals surface area contributed by atoms with E-state index in [1.54, 1.807) is 4.57 Å². The number of hydrogen-bond acceptors (Lipinski definition) is 3. The highest BCUT2D eigenvalue weighted by molar-refractivity contribution is 7.71. The fourth-order valence-corrected chi connectivity index (χ4v) is 3.54. The molecule has 0 saturated carbocycles. The Morgan fingerprint density at radius 1 is 1.27 bits per heavy atom. The first-order chi connectivity index (χ1) is 10.4. The first-order valence-electron chi connectivity index (χ1n) is 7.39. The minimum atomic E-state index is -0.0323. The Kier molecular flexibility index (Phi) is 3.95. The molecule has 0 bridgehead atoms. The van der Waals surface area contributed by atoms with E-state index < -0.39 is 0 Å². The van der Waals surface area contributed by atoms with Gasteiger partial charge in [0.2, 0.25) is 0 Å². The lowest BCUT2D eigenvalue weighted by Gasteiger charge is -2.22. The zero-order chi connectivity index (χ0) is 16.0. The van der Waals surface area contributed by atoms with Gasteiger partial charge in [0, 0.05) is 18.3 Å². The number of aryl methyl sites for hydroxylation is 2. The lowest BCUT2D eigenvalue weighted by molar-refractivity contribution is 0.594. The molecule has 22 heavy (non-hydrogen) atoms. The van der Waals surface area contributed by atoms with Crippen LogP contribution >= 0.6 is 23.8 Å². The smallest absolute Gasteiger partial charge is 0.263 e. The van der Waals surface area contributed by atoms with Gasteiger partial charge in [-0.3, -0.25) is 4.79 Å². The normalized spacial score (nSPS) is 14.0. The Morgan fingerprint density at radius 2 is 1.95 bits per heavy atom. The SMILES string of the molecule is Cc1cc(Cl)c(C)nc1-n1c(=O)c2c(n(C)c1=S)CCCC2. The summed E-state index contributed by atoms with van der Waals surface area (Å²) in [7, 11) is 1.93. The van der Waals surface area contributed by atoms with E-state index in [0.717, 1.165) is 42.5 Å². The van der Waals surface area contributed by atoms with Crippen LogP contribution in [0.25, 0.3) is 5.82 Å². The molecule has 0 fully saturated rings. The second kappa shape index (κ2) is 5.63. The van der Waals surface area contributed by atoms with Crippen LogP contribution in [0.3, 0.4) is 0 Å². The number of pyridine rings is 1. The van der Waals surface area contributed by atoms with Crippen molar-refractivity contribution in [2.45, 2.75) is 39.5 Å². The van der Waals surface area contributed by atoms with E-state index in [9.17, 15) is 4.79 Å². The zero-order valence-electron chi connectivity index (χ0n) is 12.9. The fourth-order valence-electron chi connectivity index (χ4n) is 3.05. The zero-order valence-corrected chi connectivity index (χ0v) is 14.5. The monoisotopic (exact) mass is 335 g/mol. The summed E-state index contributed by atoms with van der Waals surface area (Å²) in [5.41, 5.74) is 3.45. The molecule has 3 rings (SSSR count). The highest BCUT2D eigenvalue weighted by atomic mass is 35.5. The van der Waals surface area contributed by atoms with Gasteiger partial charge >= 0.3 is 0 Å². The van der Waals surface area contributed by atoms with Crippen molar-refractivity contribution >= 4 is 23.8 Å². The summed E-state index contributed by atoms with van der Waals surface area (Å²) >= 11 is 11.7. The largest absolute Gasteiger partial charge is 0.325 e. The number of aromatic nitrogens is 3. The maximum absolute atomic E-state index is 12.9. The molecular weight excluding hydrogens is 318 g/mol. The van der Waals surface area contributed by atoms with Gasteiger partial charge < -0.3 is 4.57 Å². The summed E-state index contributed by atoms with van der Waals surface area (Å²) in [4.78, 5) is 17.5. The summed E-state index contributed by atoms with van der Waals surface area (Å²) in [6.45, 7) is 3.73. The average molecular weight is 336 g/mol. The maximum Gasteiger partial charge on any atom is 0.263 e. The maximum atomic E-state index is 12.9. The Bertz CT molecular complexity index is 882. The highest BCUT2D eigenvalue weighted by Gasteiger charge is 2.20. The third-order valence-electron chi connectivity index (χ3n) is 4.31. The number of hydrogen-bond donors (Lipinski definition) is 0. The van der Waals surface area contributed by atoms with E-state index in [4.69, 9.17) is 23.8 Å². The first-order valence-corrected chi connectivity index (χ1v) is 8.18. The van der Waals surface area contributed by atoms with Crippen molar-refractivity contribution < 1.29 is 0 Å².